The maximum Gasteiger partial charge on any atom is 0.277 e. The summed E-state index contributed by atoms with van der Waals surface area (Å²) >= 11 is 1.49. The van der Waals surface area contributed by atoms with Gasteiger partial charge >= 0.3 is 0 Å². The molecule has 0 radical (unpaired) electrons. The molecule has 0 saturated carbocycles. The molecule has 0 aliphatic rings. The van der Waals surface area contributed by atoms with E-state index in [-0.39, 0.29) is 12.5 Å². The van der Waals surface area contributed by atoms with Gasteiger partial charge in [-0.2, -0.15) is 0 Å². The minimum atomic E-state index is -0.111. The summed E-state index contributed by atoms with van der Waals surface area (Å²) in [7, 11) is 0. The number of ether oxygens (including phenoxy) is 1. The number of thioether (sulfide) groups is 1. The van der Waals surface area contributed by atoms with Gasteiger partial charge in [0.05, 0.1) is 0 Å². The third-order valence-corrected chi connectivity index (χ3v) is 4.36. The fourth-order valence-electron chi connectivity index (χ4n) is 2.17. The molecule has 3 rings (SSSR count). The summed E-state index contributed by atoms with van der Waals surface area (Å²) in [5.41, 5.74) is 3.16. The normalized spacial score (nSPS) is 10.5. The van der Waals surface area contributed by atoms with Crippen molar-refractivity contribution in [3.63, 3.8) is 0 Å². The van der Waals surface area contributed by atoms with E-state index in [1.54, 1.807) is 24.3 Å². The molecule has 1 heterocycles. The van der Waals surface area contributed by atoms with Gasteiger partial charge in [-0.1, -0.05) is 41.6 Å². The van der Waals surface area contributed by atoms with Gasteiger partial charge in [-0.05, 0) is 36.8 Å². The van der Waals surface area contributed by atoms with Crippen molar-refractivity contribution in [1.82, 2.24) is 10.2 Å². The summed E-state index contributed by atoms with van der Waals surface area (Å²) in [4.78, 5) is 11.0. The van der Waals surface area contributed by atoms with E-state index in [1.165, 1.54) is 29.8 Å². The van der Waals surface area contributed by atoms with Crippen LogP contribution in [0, 0.1) is 6.92 Å². The minimum absolute atomic E-state index is 0.111. The van der Waals surface area contributed by atoms with E-state index in [4.69, 9.17) is 9.15 Å². The molecule has 0 spiro atoms. The second-order valence-electron chi connectivity index (χ2n) is 5.73. The van der Waals surface area contributed by atoms with Crippen molar-refractivity contribution in [1.29, 1.82) is 0 Å². The Morgan fingerprint density at radius 3 is 2.54 bits per heavy atom. The number of anilines is 1. The zero-order valence-corrected chi connectivity index (χ0v) is 15.4. The van der Waals surface area contributed by atoms with Crippen LogP contribution in [-0.4, -0.2) is 16.1 Å². The van der Waals surface area contributed by atoms with Crippen LogP contribution in [0.5, 0.6) is 5.75 Å². The fourth-order valence-corrected chi connectivity index (χ4v) is 2.90. The summed E-state index contributed by atoms with van der Waals surface area (Å²) in [6, 6.07) is 15.4. The fraction of sp³-hybridized carbons (Fsp3) is 0.211. The van der Waals surface area contributed by atoms with Crippen LogP contribution >= 0.6 is 11.8 Å². The zero-order valence-electron chi connectivity index (χ0n) is 14.6. The van der Waals surface area contributed by atoms with E-state index in [2.05, 4.69) is 46.7 Å². The first kappa shape index (κ1) is 18.0. The lowest BCUT2D eigenvalue weighted by atomic mass is 10.2. The zero-order chi connectivity index (χ0) is 18.4. The minimum Gasteiger partial charge on any atom is -0.484 e. The summed E-state index contributed by atoms with van der Waals surface area (Å²) in [6.45, 7) is 3.72. The van der Waals surface area contributed by atoms with Crippen LogP contribution in [0.15, 0.2) is 58.2 Å². The number of aryl methyl sites for hydroxylation is 1. The maximum absolute atomic E-state index is 11.0. The Labute approximate surface area is 156 Å². The molecule has 1 amide bonds. The van der Waals surface area contributed by atoms with Gasteiger partial charge in [-0.25, -0.2) is 0 Å². The van der Waals surface area contributed by atoms with Crippen LogP contribution < -0.4 is 10.1 Å². The number of carbonyl (C=O) groups excluding carboxylic acids is 1. The highest BCUT2D eigenvalue weighted by Crippen LogP contribution is 2.22. The summed E-state index contributed by atoms with van der Waals surface area (Å²) in [6.07, 6.45) is 0. The topological polar surface area (TPSA) is 77.2 Å². The van der Waals surface area contributed by atoms with E-state index in [0.29, 0.717) is 16.9 Å². The average Bonchev–Trinajstić information content (AvgIpc) is 3.08. The lowest BCUT2D eigenvalue weighted by Crippen LogP contribution is -2.05. The second-order valence-corrected chi connectivity index (χ2v) is 6.66. The molecular formula is C19H19N3O3S. The first-order chi connectivity index (χ1) is 12.6. The number of hydrogen-bond acceptors (Lipinski definition) is 6. The molecule has 0 aliphatic carbocycles. The highest BCUT2D eigenvalue weighted by molar-refractivity contribution is 7.98. The van der Waals surface area contributed by atoms with Gasteiger partial charge in [0.15, 0.2) is 6.61 Å². The van der Waals surface area contributed by atoms with Gasteiger partial charge in [0.1, 0.15) is 5.75 Å². The quantitative estimate of drug-likeness (QED) is 0.629. The monoisotopic (exact) mass is 369 g/mol. The van der Waals surface area contributed by atoms with Crippen molar-refractivity contribution >= 4 is 23.4 Å². The van der Waals surface area contributed by atoms with Gasteiger partial charge < -0.3 is 14.5 Å². The molecule has 0 fully saturated rings. The van der Waals surface area contributed by atoms with Crippen molar-refractivity contribution in [2.45, 2.75) is 31.4 Å². The Morgan fingerprint density at radius 1 is 1.12 bits per heavy atom. The van der Waals surface area contributed by atoms with Gasteiger partial charge in [0.25, 0.3) is 11.1 Å². The number of nitrogens with zero attached hydrogens (tertiary/aromatic N) is 2. The molecule has 0 unspecified atom stereocenters. The van der Waals surface area contributed by atoms with Crippen molar-refractivity contribution < 1.29 is 13.9 Å². The first-order valence-corrected chi connectivity index (χ1v) is 9.08. The number of aromatic nitrogens is 2. The Balaban J connectivity index is 1.48. The van der Waals surface area contributed by atoms with Gasteiger partial charge in [0.2, 0.25) is 5.91 Å². The van der Waals surface area contributed by atoms with E-state index in [1.807, 2.05) is 0 Å². The summed E-state index contributed by atoms with van der Waals surface area (Å²) in [5, 5.41) is 11.2. The van der Waals surface area contributed by atoms with E-state index >= 15 is 0 Å². The molecule has 6 nitrogen and oxygen atoms in total. The molecule has 7 heteroatoms. The molecular weight excluding hydrogens is 350 g/mol. The Kier molecular flexibility index (Phi) is 5.91. The average molecular weight is 369 g/mol. The maximum atomic E-state index is 11.0. The molecule has 0 atom stereocenters. The van der Waals surface area contributed by atoms with Crippen molar-refractivity contribution in [3.8, 4) is 5.75 Å². The van der Waals surface area contributed by atoms with Crippen LogP contribution in [0.25, 0.3) is 0 Å². The lowest BCUT2D eigenvalue weighted by molar-refractivity contribution is -0.114. The molecule has 0 aliphatic heterocycles. The molecule has 2 aromatic carbocycles. The number of hydrogen-bond donors (Lipinski definition) is 1. The largest absolute Gasteiger partial charge is 0.484 e. The highest BCUT2D eigenvalue weighted by Gasteiger charge is 2.08. The first-order valence-electron chi connectivity index (χ1n) is 8.10. The summed E-state index contributed by atoms with van der Waals surface area (Å²) < 4.78 is 11.2. The van der Waals surface area contributed by atoms with Crippen LogP contribution in [0.3, 0.4) is 0 Å². The Hall–Kier alpha value is -2.80. The van der Waals surface area contributed by atoms with Crippen LogP contribution in [0.4, 0.5) is 5.69 Å². The Bertz CT molecular complexity index is 860. The number of nitrogens with one attached hydrogen (secondary N) is 1. The standard InChI is InChI=1S/C19H19N3O3S/c1-13-3-5-15(6-4-13)12-26-19-22-21-18(25-19)11-24-17-9-7-16(8-10-17)20-14(2)23/h3-10H,11-12H2,1-2H3,(H,20,23). The molecule has 1 aromatic heterocycles. The SMILES string of the molecule is CC(=O)Nc1ccc(OCc2nnc(SCc3ccc(C)cc3)o2)cc1. The second kappa shape index (κ2) is 8.53. The number of amides is 1. The highest BCUT2D eigenvalue weighted by atomic mass is 32.2. The van der Waals surface area contributed by atoms with Gasteiger partial charge in [-0.3, -0.25) is 4.79 Å². The van der Waals surface area contributed by atoms with E-state index in [0.717, 1.165) is 11.4 Å². The molecule has 0 saturated heterocycles. The van der Waals surface area contributed by atoms with Crippen molar-refractivity contribution in [2.24, 2.45) is 0 Å². The van der Waals surface area contributed by atoms with Crippen molar-refractivity contribution in [3.05, 3.63) is 65.5 Å². The number of carbonyl (C=O) groups is 1. The third-order valence-electron chi connectivity index (χ3n) is 3.47. The van der Waals surface area contributed by atoms with Crippen molar-refractivity contribution in [2.75, 3.05) is 5.32 Å². The van der Waals surface area contributed by atoms with Gasteiger partial charge in [-0.15, -0.1) is 10.2 Å². The summed E-state index contributed by atoms with van der Waals surface area (Å²) in [5.74, 6) is 1.74. The predicted molar refractivity (Wildman–Crippen MR) is 100 cm³/mol. The smallest absolute Gasteiger partial charge is 0.277 e. The predicted octanol–water partition coefficient (Wildman–Crippen LogP) is 4.21. The Morgan fingerprint density at radius 2 is 1.85 bits per heavy atom. The third kappa shape index (κ3) is 5.35. The number of rotatable bonds is 7. The molecule has 0 bridgehead atoms. The number of benzene rings is 2. The van der Waals surface area contributed by atoms with Crippen LogP contribution in [0.1, 0.15) is 23.9 Å². The van der Waals surface area contributed by atoms with E-state index in [9.17, 15) is 4.79 Å². The van der Waals surface area contributed by atoms with Crippen LogP contribution in [0.2, 0.25) is 0 Å². The van der Waals surface area contributed by atoms with E-state index < -0.39 is 0 Å². The molecule has 26 heavy (non-hydrogen) atoms. The molecule has 134 valence electrons. The van der Waals surface area contributed by atoms with Crippen LogP contribution in [-0.2, 0) is 17.2 Å². The van der Waals surface area contributed by atoms with Gasteiger partial charge in [0, 0.05) is 18.4 Å². The lowest BCUT2D eigenvalue weighted by Gasteiger charge is -2.05. The molecule has 3 aromatic rings. The molecule has 1 N–H and O–H groups in total.